The van der Waals surface area contributed by atoms with Crippen molar-refractivity contribution in [3.05, 3.63) is 29.8 Å². The number of rotatable bonds is 7. The summed E-state index contributed by atoms with van der Waals surface area (Å²) in [7, 11) is -2.17. The maximum Gasteiger partial charge on any atom is 0.268 e. The van der Waals surface area contributed by atoms with E-state index in [1.54, 1.807) is 46.1 Å². The number of carbonyl (C=O) groups excluding carboxylic acids is 1. The molecule has 0 fully saturated rings. The molecule has 0 radical (unpaired) electrons. The SMILES string of the molecule is COCCOc1ccccc1C(=O)NS(=O)(=O)CC(C)(C)C. The predicted molar refractivity (Wildman–Crippen MR) is 84.5 cm³/mol. The fourth-order valence-electron chi connectivity index (χ4n) is 1.82. The Kier molecular flexibility index (Phi) is 6.37. The van der Waals surface area contributed by atoms with Gasteiger partial charge in [-0.2, -0.15) is 0 Å². The van der Waals surface area contributed by atoms with Gasteiger partial charge in [-0.25, -0.2) is 13.1 Å². The van der Waals surface area contributed by atoms with Crippen LogP contribution in [0, 0.1) is 5.41 Å². The number of carbonyl (C=O) groups is 1. The summed E-state index contributed by atoms with van der Waals surface area (Å²) in [5.74, 6) is -0.515. The maximum absolute atomic E-state index is 12.2. The highest BCUT2D eigenvalue weighted by Crippen LogP contribution is 2.19. The van der Waals surface area contributed by atoms with E-state index < -0.39 is 21.3 Å². The van der Waals surface area contributed by atoms with E-state index in [0.717, 1.165) is 0 Å². The van der Waals surface area contributed by atoms with Crippen molar-refractivity contribution in [2.75, 3.05) is 26.1 Å². The minimum Gasteiger partial charge on any atom is -0.490 e. The molecule has 124 valence electrons. The van der Waals surface area contributed by atoms with Crippen molar-refractivity contribution in [3.8, 4) is 5.75 Å². The number of hydrogen-bond donors (Lipinski definition) is 1. The quantitative estimate of drug-likeness (QED) is 0.772. The normalized spacial score (nSPS) is 12.0. The van der Waals surface area contributed by atoms with Gasteiger partial charge < -0.3 is 9.47 Å². The number of hydrogen-bond acceptors (Lipinski definition) is 5. The van der Waals surface area contributed by atoms with Gasteiger partial charge in [-0.3, -0.25) is 4.79 Å². The fraction of sp³-hybridized carbons (Fsp3) is 0.533. The van der Waals surface area contributed by atoms with Gasteiger partial charge in [0.15, 0.2) is 0 Å². The van der Waals surface area contributed by atoms with Crippen LogP contribution in [0.5, 0.6) is 5.75 Å². The average Bonchev–Trinajstić information content (AvgIpc) is 2.36. The van der Waals surface area contributed by atoms with Crippen molar-refractivity contribution < 1.29 is 22.7 Å². The van der Waals surface area contributed by atoms with E-state index in [4.69, 9.17) is 9.47 Å². The molecule has 0 saturated carbocycles. The van der Waals surface area contributed by atoms with Gasteiger partial charge in [0.1, 0.15) is 12.4 Å². The van der Waals surface area contributed by atoms with Gasteiger partial charge in [-0.1, -0.05) is 32.9 Å². The monoisotopic (exact) mass is 329 g/mol. The lowest BCUT2D eigenvalue weighted by atomic mass is 10.0. The fourth-order valence-corrected chi connectivity index (χ4v) is 3.42. The summed E-state index contributed by atoms with van der Waals surface area (Å²) in [6.45, 7) is 6.02. The molecular weight excluding hydrogens is 306 g/mol. The van der Waals surface area contributed by atoms with Crippen LogP contribution in [0.2, 0.25) is 0 Å². The molecule has 6 nitrogen and oxygen atoms in total. The first-order chi connectivity index (χ1) is 10.1. The molecule has 1 amide bonds. The van der Waals surface area contributed by atoms with E-state index in [9.17, 15) is 13.2 Å². The van der Waals surface area contributed by atoms with Crippen molar-refractivity contribution in [1.82, 2.24) is 4.72 Å². The van der Waals surface area contributed by atoms with Crippen LogP contribution in [0.25, 0.3) is 0 Å². The largest absolute Gasteiger partial charge is 0.490 e. The molecule has 0 unspecified atom stereocenters. The molecule has 0 atom stereocenters. The second-order valence-corrected chi connectivity index (χ2v) is 7.81. The van der Waals surface area contributed by atoms with Crippen LogP contribution >= 0.6 is 0 Å². The van der Waals surface area contributed by atoms with Gasteiger partial charge in [-0.05, 0) is 17.5 Å². The molecule has 0 spiro atoms. The van der Waals surface area contributed by atoms with Crippen molar-refractivity contribution >= 4 is 15.9 Å². The molecule has 0 aliphatic carbocycles. The predicted octanol–water partition coefficient (Wildman–Crippen LogP) is 1.82. The van der Waals surface area contributed by atoms with Crippen LogP contribution < -0.4 is 9.46 Å². The Bertz CT molecular complexity index is 605. The second kappa shape index (κ2) is 7.60. The average molecular weight is 329 g/mol. The molecule has 1 aromatic rings. The van der Waals surface area contributed by atoms with E-state index in [0.29, 0.717) is 12.4 Å². The molecule has 1 N–H and O–H groups in total. The molecule has 1 aromatic carbocycles. The molecule has 22 heavy (non-hydrogen) atoms. The third-order valence-electron chi connectivity index (χ3n) is 2.55. The molecule has 1 rings (SSSR count). The lowest BCUT2D eigenvalue weighted by Crippen LogP contribution is -2.36. The summed E-state index contributed by atoms with van der Waals surface area (Å²) < 4.78 is 36.4. The summed E-state index contributed by atoms with van der Waals surface area (Å²) in [6, 6.07) is 6.49. The minimum atomic E-state index is -3.71. The summed E-state index contributed by atoms with van der Waals surface area (Å²) >= 11 is 0. The number of methoxy groups -OCH3 is 1. The highest BCUT2D eigenvalue weighted by Gasteiger charge is 2.25. The minimum absolute atomic E-state index is 0.140. The van der Waals surface area contributed by atoms with Gasteiger partial charge in [0, 0.05) is 7.11 Å². The molecular formula is C15H23NO5S. The molecule has 0 saturated heterocycles. The number of sulfonamides is 1. The van der Waals surface area contributed by atoms with Crippen molar-refractivity contribution in [3.63, 3.8) is 0 Å². The Hall–Kier alpha value is -1.60. The topological polar surface area (TPSA) is 81.7 Å². The number of benzene rings is 1. The van der Waals surface area contributed by atoms with Crippen molar-refractivity contribution in [2.45, 2.75) is 20.8 Å². The van der Waals surface area contributed by atoms with Crippen LogP contribution in [0.15, 0.2) is 24.3 Å². The third-order valence-corrected chi connectivity index (χ3v) is 4.29. The Labute approximate surface area is 131 Å². The third kappa shape index (κ3) is 6.44. The van der Waals surface area contributed by atoms with Crippen LogP contribution in [-0.2, 0) is 14.8 Å². The molecule has 0 aliphatic heterocycles. The van der Waals surface area contributed by atoms with E-state index >= 15 is 0 Å². The van der Waals surface area contributed by atoms with Crippen LogP contribution in [0.4, 0.5) is 0 Å². The first kappa shape index (κ1) is 18.4. The first-order valence-corrected chi connectivity index (χ1v) is 8.55. The zero-order valence-electron chi connectivity index (χ0n) is 13.4. The summed E-state index contributed by atoms with van der Waals surface area (Å²) in [5, 5.41) is 0. The molecule has 0 aliphatic rings. The number of para-hydroxylation sites is 1. The number of ether oxygens (including phenoxy) is 2. The van der Waals surface area contributed by atoms with E-state index in [1.165, 1.54) is 6.07 Å². The van der Waals surface area contributed by atoms with Crippen LogP contribution in [0.3, 0.4) is 0 Å². The highest BCUT2D eigenvalue weighted by molar-refractivity contribution is 7.90. The number of nitrogens with one attached hydrogen (secondary N) is 1. The smallest absolute Gasteiger partial charge is 0.268 e. The summed E-state index contributed by atoms with van der Waals surface area (Å²) in [5.41, 5.74) is -0.267. The van der Waals surface area contributed by atoms with Gasteiger partial charge in [0.05, 0.1) is 17.9 Å². The van der Waals surface area contributed by atoms with Gasteiger partial charge >= 0.3 is 0 Å². The van der Waals surface area contributed by atoms with E-state index in [1.807, 2.05) is 0 Å². The Morgan fingerprint density at radius 3 is 2.41 bits per heavy atom. The maximum atomic E-state index is 12.2. The summed E-state index contributed by atoms with van der Waals surface area (Å²) in [6.07, 6.45) is 0. The zero-order valence-corrected chi connectivity index (χ0v) is 14.2. The molecule has 0 aromatic heterocycles. The molecule has 0 heterocycles. The van der Waals surface area contributed by atoms with Crippen LogP contribution in [-0.4, -0.2) is 40.4 Å². The Morgan fingerprint density at radius 2 is 1.82 bits per heavy atom. The van der Waals surface area contributed by atoms with Crippen molar-refractivity contribution in [2.24, 2.45) is 5.41 Å². The lowest BCUT2D eigenvalue weighted by molar-refractivity contribution is 0.0973. The van der Waals surface area contributed by atoms with Gasteiger partial charge in [-0.15, -0.1) is 0 Å². The van der Waals surface area contributed by atoms with Gasteiger partial charge in [0.25, 0.3) is 5.91 Å². The van der Waals surface area contributed by atoms with Gasteiger partial charge in [0.2, 0.25) is 10.0 Å². The molecule has 0 bridgehead atoms. The number of amides is 1. The molecule has 7 heteroatoms. The van der Waals surface area contributed by atoms with Crippen molar-refractivity contribution in [1.29, 1.82) is 0 Å². The second-order valence-electron chi connectivity index (χ2n) is 6.09. The van der Waals surface area contributed by atoms with E-state index in [-0.39, 0.29) is 17.9 Å². The zero-order chi connectivity index (χ0) is 16.8. The first-order valence-electron chi connectivity index (χ1n) is 6.90. The summed E-state index contributed by atoms with van der Waals surface area (Å²) in [4.78, 5) is 12.2. The highest BCUT2D eigenvalue weighted by atomic mass is 32.2. The standard InChI is InChI=1S/C15H23NO5S/c1-15(2,3)11-22(18,19)16-14(17)12-7-5-6-8-13(12)21-10-9-20-4/h5-8H,9-11H2,1-4H3,(H,16,17). The Balaban J connectivity index is 2.85. The van der Waals surface area contributed by atoms with E-state index in [2.05, 4.69) is 4.72 Å². The lowest BCUT2D eigenvalue weighted by Gasteiger charge is -2.18. The Morgan fingerprint density at radius 1 is 1.18 bits per heavy atom. The van der Waals surface area contributed by atoms with Crippen LogP contribution in [0.1, 0.15) is 31.1 Å².